The van der Waals surface area contributed by atoms with Gasteiger partial charge in [0.2, 0.25) is 0 Å². The summed E-state index contributed by atoms with van der Waals surface area (Å²) in [5, 5.41) is 12.3. The Bertz CT molecular complexity index is 626. The number of benzene rings is 2. The lowest BCUT2D eigenvalue weighted by molar-refractivity contribution is 0.874. The van der Waals surface area contributed by atoms with E-state index in [1.54, 1.807) is 12.1 Å². The number of nitrogens with zero attached hydrogens (tertiary/aromatic N) is 1. The molecule has 0 aromatic heterocycles. The number of aryl methyl sites for hydroxylation is 1. The molecule has 0 radical (unpaired) electrons. The molecule has 0 aliphatic heterocycles. The summed E-state index contributed by atoms with van der Waals surface area (Å²) in [6, 6.07) is 15.9. The zero-order valence-corrected chi connectivity index (χ0v) is 11.1. The molecule has 0 aliphatic rings. The lowest BCUT2D eigenvalue weighted by atomic mass is 10.0. The summed E-state index contributed by atoms with van der Waals surface area (Å²) in [5.74, 6) is 0. The maximum atomic E-state index is 8.86. The summed E-state index contributed by atoms with van der Waals surface area (Å²) in [6.45, 7) is 4.21. The maximum absolute atomic E-state index is 8.86. The Morgan fingerprint density at radius 2 is 1.95 bits per heavy atom. The Morgan fingerprint density at radius 1 is 1.21 bits per heavy atom. The Labute approximate surface area is 113 Å². The van der Waals surface area contributed by atoms with Crippen LogP contribution in [0.2, 0.25) is 0 Å². The van der Waals surface area contributed by atoms with Crippen molar-refractivity contribution in [2.24, 2.45) is 0 Å². The number of nitriles is 1. The van der Waals surface area contributed by atoms with Gasteiger partial charge >= 0.3 is 0 Å². The summed E-state index contributed by atoms with van der Waals surface area (Å²) >= 11 is 0. The second-order valence-corrected chi connectivity index (χ2v) is 4.64. The van der Waals surface area contributed by atoms with Gasteiger partial charge in [0.15, 0.2) is 0 Å². The molecule has 19 heavy (non-hydrogen) atoms. The van der Waals surface area contributed by atoms with Gasteiger partial charge in [0.1, 0.15) is 6.07 Å². The third-order valence-electron chi connectivity index (χ3n) is 3.21. The van der Waals surface area contributed by atoms with Crippen molar-refractivity contribution in [3.05, 3.63) is 59.2 Å². The van der Waals surface area contributed by atoms with E-state index in [2.05, 4.69) is 37.4 Å². The minimum absolute atomic E-state index is 0.188. The molecule has 0 spiro atoms. The standard InChI is InChI=1S/C16H17N3/c1-11-5-3-4-6-15(11)12(2)19-14-8-7-13(10-17)16(18)9-14/h3-9,12,19H,18H2,1-2H3. The van der Waals surface area contributed by atoms with Crippen LogP contribution in [0.5, 0.6) is 0 Å². The van der Waals surface area contributed by atoms with Gasteiger partial charge in [-0.2, -0.15) is 5.26 Å². The molecule has 96 valence electrons. The zero-order chi connectivity index (χ0) is 13.8. The molecule has 0 aliphatic carbocycles. The first-order valence-corrected chi connectivity index (χ1v) is 6.23. The third-order valence-corrected chi connectivity index (χ3v) is 3.21. The highest BCUT2D eigenvalue weighted by Crippen LogP contribution is 2.24. The minimum Gasteiger partial charge on any atom is -0.398 e. The highest BCUT2D eigenvalue weighted by atomic mass is 14.9. The van der Waals surface area contributed by atoms with E-state index in [0.29, 0.717) is 11.3 Å². The van der Waals surface area contributed by atoms with Gasteiger partial charge in [0.05, 0.1) is 11.3 Å². The Balaban J connectivity index is 2.20. The molecule has 3 nitrogen and oxygen atoms in total. The molecule has 1 atom stereocenters. The van der Waals surface area contributed by atoms with Crippen LogP contribution in [0.3, 0.4) is 0 Å². The van der Waals surface area contributed by atoms with Gasteiger partial charge in [-0.15, -0.1) is 0 Å². The van der Waals surface area contributed by atoms with Crippen LogP contribution in [0.4, 0.5) is 11.4 Å². The van der Waals surface area contributed by atoms with Crippen LogP contribution < -0.4 is 11.1 Å². The number of rotatable bonds is 3. The minimum atomic E-state index is 0.188. The molecule has 2 aromatic rings. The van der Waals surface area contributed by atoms with Gasteiger partial charge in [0.25, 0.3) is 0 Å². The van der Waals surface area contributed by atoms with Gasteiger partial charge in [-0.3, -0.25) is 0 Å². The van der Waals surface area contributed by atoms with Crippen LogP contribution in [0.25, 0.3) is 0 Å². The van der Waals surface area contributed by atoms with E-state index in [-0.39, 0.29) is 6.04 Å². The van der Waals surface area contributed by atoms with E-state index < -0.39 is 0 Å². The molecule has 0 amide bonds. The van der Waals surface area contributed by atoms with E-state index >= 15 is 0 Å². The first-order chi connectivity index (χ1) is 9.11. The summed E-state index contributed by atoms with van der Waals surface area (Å²) in [7, 11) is 0. The van der Waals surface area contributed by atoms with Crippen molar-refractivity contribution < 1.29 is 0 Å². The topological polar surface area (TPSA) is 61.8 Å². The first kappa shape index (κ1) is 13.0. The van der Waals surface area contributed by atoms with Gasteiger partial charge < -0.3 is 11.1 Å². The SMILES string of the molecule is Cc1ccccc1C(C)Nc1ccc(C#N)c(N)c1. The zero-order valence-electron chi connectivity index (χ0n) is 11.1. The normalized spacial score (nSPS) is 11.6. The van der Waals surface area contributed by atoms with Crippen molar-refractivity contribution in [2.75, 3.05) is 11.1 Å². The van der Waals surface area contributed by atoms with E-state index in [1.807, 2.05) is 18.2 Å². The molecular formula is C16H17N3. The molecule has 0 saturated heterocycles. The maximum Gasteiger partial charge on any atom is 0.101 e. The van der Waals surface area contributed by atoms with E-state index in [9.17, 15) is 0 Å². The number of nitrogens with one attached hydrogen (secondary N) is 1. The molecule has 0 fully saturated rings. The van der Waals surface area contributed by atoms with Crippen molar-refractivity contribution in [3.63, 3.8) is 0 Å². The van der Waals surface area contributed by atoms with E-state index in [0.717, 1.165) is 5.69 Å². The molecule has 3 heteroatoms. The van der Waals surface area contributed by atoms with Crippen molar-refractivity contribution >= 4 is 11.4 Å². The van der Waals surface area contributed by atoms with Crippen LogP contribution in [-0.4, -0.2) is 0 Å². The van der Waals surface area contributed by atoms with Crippen LogP contribution in [-0.2, 0) is 0 Å². The second-order valence-electron chi connectivity index (χ2n) is 4.64. The molecular weight excluding hydrogens is 234 g/mol. The fourth-order valence-electron chi connectivity index (χ4n) is 2.15. The van der Waals surface area contributed by atoms with Crippen molar-refractivity contribution in [2.45, 2.75) is 19.9 Å². The Morgan fingerprint density at radius 3 is 2.58 bits per heavy atom. The smallest absolute Gasteiger partial charge is 0.101 e. The summed E-state index contributed by atoms with van der Waals surface area (Å²) in [6.07, 6.45) is 0. The Kier molecular flexibility index (Phi) is 3.72. The quantitative estimate of drug-likeness (QED) is 0.819. The predicted octanol–water partition coefficient (Wildman–Crippen LogP) is 3.62. The molecule has 2 aromatic carbocycles. The van der Waals surface area contributed by atoms with Crippen LogP contribution >= 0.6 is 0 Å². The summed E-state index contributed by atoms with van der Waals surface area (Å²) in [4.78, 5) is 0. The molecule has 1 unspecified atom stereocenters. The van der Waals surface area contributed by atoms with Gasteiger partial charge in [-0.1, -0.05) is 24.3 Å². The third kappa shape index (κ3) is 2.86. The Hall–Kier alpha value is -2.47. The summed E-state index contributed by atoms with van der Waals surface area (Å²) < 4.78 is 0. The van der Waals surface area contributed by atoms with Gasteiger partial charge in [-0.05, 0) is 43.2 Å². The second kappa shape index (κ2) is 5.45. The first-order valence-electron chi connectivity index (χ1n) is 6.23. The largest absolute Gasteiger partial charge is 0.398 e. The summed E-state index contributed by atoms with van der Waals surface area (Å²) in [5.41, 5.74) is 10.3. The monoisotopic (exact) mass is 251 g/mol. The average molecular weight is 251 g/mol. The van der Waals surface area contributed by atoms with Crippen molar-refractivity contribution in [3.8, 4) is 6.07 Å². The number of hydrogen-bond donors (Lipinski definition) is 2. The lowest BCUT2D eigenvalue weighted by Crippen LogP contribution is -2.08. The fourth-order valence-corrected chi connectivity index (χ4v) is 2.15. The molecule has 2 rings (SSSR count). The van der Waals surface area contributed by atoms with Gasteiger partial charge in [0, 0.05) is 11.7 Å². The van der Waals surface area contributed by atoms with E-state index in [1.165, 1.54) is 11.1 Å². The fraction of sp³-hybridized carbons (Fsp3) is 0.188. The number of anilines is 2. The van der Waals surface area contributed by atoms with Gasteiger partial charge in [-0.25, -0.2) is 0 Å². The predicted molar refractivity (Wildman–Crippen MR) is 78.8 cm³/mol. The van der Waals surface area contributed by atoms with E-state index in [4.69, 9.17) is 11.0 Å². The molecule has 0 bridgehead atoms. The average Bonchev–Trinajstić information content (AvgIpc) is 2.39. The highest BCUT2D eigenvalue weighted by molar-refractivity contribution is 5.63. The number of hydrogen-bond acceptors (Lipinski definition) is 3. The van der Waals surface area contributed by atoms with Crippen molar-refractivity contribution in [1.82, 2.24) is 0 Å². The highest BCUT2D eigenvalue weighted by Gasteiger charge is 2.08. The molecule has 0 heterocycles. The molecule has 0 saturated carbocycles. The molecule has 3 N–H and O–H groups in total. The van der Waals surface area contributed by atoms with Crippen LogP contribution in [0.15, 0.2) is 42.5 Å². The number of nitrogens with two attached hydrogens (primary N) is 1. The van der Waals surface area contributed by atoms with Crippen LogP contribution in [0.1, 0.15) is 29.7 Å². The lowest BCUT2D eigenvalue weighted by Gasteiger charge is -2.18. The van der Waals surface area contributed by atoms with Crippen molar-refractivity contribution in [1.29, 1.82) is 5.26 Å². The number of nitrogen functional groups attached to an aromatic ring is 1. The van der Waals surface area contributed by atoms with Crippen LogP contribution in [0, 0.1) is 18.3 Å².